The third kappa shape index (κ3) is 3.29. The maximum Gasteiger partial charge on any atom is 0.161 e. The van der Waals surface area contributed by atoms with Gasteiger partial charge in [0.25, 0.3) is 0 Å². The van der Waals surface area contributed by atoms with Crippen LogP contribution in [-0.2, 0) is 0 Å². The average molecular weight is 292 g/mol. The molecule has 0 fully saturated rings. The van der Waals surface area contributed by atoms with Gasteiger partial charge in [-0.15, -0.1) is 11.3 Å². The van der Waals surface area contributed by atoms with E-state index in [1.165, 1.54) is 0 Å². The molecule has 0 spiro atoms. The lowest BCUT2D eigenvalue weighted by atomic mass is 10.0. The van der Waals surface area contributed by atoms with Gasteiger partial charge in [-0.05, 0) is 38.5 Å². The summed E-state index contributed by atoms with van der Waals surface area (Å²) in [7, 11) is 0. The Morgan fingerprint density at radius 1 is 1.20 bits per heavy atom. The van der Waals surface area contributed by atoms with Crippen LogP contribution in [0.4, 0.5) is 0 Å². The molecule has 0 aliphatic rings. The van der Waals surface area contributed by atoms with E-state index in [1.807, 2.05) is 44.4 Å². The minimum absolute atomic E-state index is 0.241. The number of hydrogen-bond donors (Lipinski definition) is 1. The van der Waals surface area contributed by atoms with E-state index >= 15 is 0 Å². The Bertz CT molecular complexity index is 569. The molecule has 0 aliphatic carbocycles. The number of aromatic nitrogens is 1. The third-order valence-corrected chi connectivity index (χ3v) is 3.67. The zero-order valence-electron chi connectivity index (χ0n) is 12.1. The van der Waals surface area contributed by atoms with Gasteiger partial charge in [0.2, 0.25) is 0 Å². The van der Waals surface area contributed by atoms with Crippen molar-refractivity contribution in [3.8, 4) is 11.5 Å². The predicted octanol–water partition coefficient (Wildman–Crippen LogP) is 3.30. The molecule has 2 rings (SSSR count). The molecule has 1 heterocycles. The first-order valence-electron chi connectivity index (χ1n) is 6.72. The molecule has 0 bridgehead atoms. The Hall–Kier alpha value is -1.59. The van der Waals surface area contributed by atoms with Gasteiger partial charge in [0.1, 0.15) is 0 Å². The van der Waals surface area contributed by atoms with Crippen LogP contribution < -0.4 is 15.2 Å². The maximum atomic E-state index is 6.27. The molecule has 4 nitrogen and oxygen atoms in total. The van der Waals surface area contributed by atoms with Crippen LogP contribution in [0.1, 0.15) is 36.2 Å². The highest BCUT2D eigenvalue weighted by Crippen LogP contribution is 2.32. The SMILES string of the molecule is CCOc1ccc(C(N)c2csc(C)n2)cc1OCC. The molecular formula is C15H20N2O2S. The molecule has 108 valence electrons. The van der Waals surface area contributed by atoms with Crippen LogP contribution in [0.5, 0.6) is 11.5 Å². The first-order chi connectivity index (χ1) is 9.65. The van der Waals surface area contributed by atoms with Crippen LogP contribution in [-0.4, -0.2) is 18.2 Å². The number of hydrogen-bond acceptors (Lipinski definition) is 5. The summed E-state index contributed by atoms with van der Waals surface area (Å²) < 4.78 is 11.2. The predicted molar refractivity (Wildman–Crippen MR) is 81.7 cm³/mol. The first-order valence-corrected chi connectivity index (χ1v) is 7.60. The summed E-state index contributed by atoms with van der Waals surface area (Å²) in [5.74, 6) is 1.48. The van der Waals surface area contributed by atoms with Gasteiger partial charge < -0.3 is 15.2 Å². The molecule has 0 saturated heterocycles. The quantitative estimate of drug-likeness (QED) is 0.887. The smallest absolute Gasteiger partial charge is 0.161 e. The second-order valence-electron chi connectivity index (χ2n) is 4.34. The zero-order valence-corrected chi connectivity index (χ0v) is 12.9. The summed E-state index contributed by atoms with van der Waals surface area (Å²) in [4.78, 5) is 4.44. The van der Waals surface area contributed by atoms with Gasteiger partial charge in [-0.2, -0.15) is 0 Å². The summed E-state index contributed by atoms with van der Waals surface area (Å²) >= 11 is 1.61. The van der Waals surface area contributed by atoms with Crippen LogP contribution in [0.2, 0.25) is 0 Å². The van der Waals surface area contributed by atoms with E-state index in [9.17, 15) is 0 Å². The van der Waals surface area contributed by atoms with E-state index in [0.717, 1.165) is 27.8 Å². The number of ether oxygens (including phenoxy) is 2. The monoisotopic (exact) mass is 292 g/mol. The molecule has 0 aliphatic heterocycles. The maximum absolute atomic E-state index is 6.27. The Morgan fingerprint density at radius 3 is 2.50 bits per heavy atom. The van der Waals surface area contributed by atoms with Crippen LogP contribution >= 0.6 is 11.3 Å². The molecule has 5 heteroatoms. The van der Waals surface area contributed by atoms with E-state index in [4.69, 9.17) is 15.2 Å². The molecule has 2 N–H and O–H groups in total. The van der Waals surface area contributed by atoms with Crippen molar-refractivity contribution in [2.75, 3.05) is 13.2 Å². The van der Waals surface area contributed by atoms with Gasteiger partial charge in [-0.1, -0.05) is 6.07 Å². The van der Waals surface area contributed by atoms with Crippen molar-refractivity contribution >= 4 is 11.3 Å². The van der Waals surface area contributed by atoms with Gasteiger partial charge in [-0.3, -0.25) is 0 Å². The van der Waals surface area contributed by atoms with E-state index in [1.54, 1.807) is 11.3 Å². The molecule has 1 unspecified atom stereocenters. The molecule has 0 radical (unpaired) electrons. The van der Waals surface area contributed by atoms with Gasteiger partial charge in [0, 0.05) is 5.38 Å². The van der Waals surface area contributed by atoms with Crippen molar-refractivity contribution in [1.29, 1.82) is 0 Å². The number of rotatable bonds is 6. The van der Waals surface area contributed by atoms with Crippen molar-refractivity contribution in [2.45, 2.75) is 26.8 Å². The van der Waals surface area contributed by atoms with Crippen molar-refractivity contribution in [3.05, 3.63) is 39.8 Å². The molecule has 1 atom stereocenters. The van der Waals surface area contributed by atoms with E-state index in [2.05, 4.69) is 4.98 Å². The molecule has 20 heavy (non-hydrogen) atoms. The second kappa shape index (κ2) is 6.72. The second-order valence-corrected chi connectivity index (χ2v) is 5.40. The van der Waals surface area contributed by atoms with Crippen molar-refractivity contribution in [2.24, 2.45) is 5.73 Å². The topological polar surface area (TPSA) is 57.4 Å². The van der Waals surface area contributed by atoms with Crippen molar-refractivity contribution in [3.63, 3.8) is 0 Å². The van der Waals surface area contributed by atoms with Gasteiger partial charge in [0.05, 0.1) is 30.0 Å². The lowest BCUT2D eigenvalue weighted by Gasteiger charge is -2.15. The fraction of sp³-hybridized carbons (Fsp3) is 0.400. The molecule has 1 aromatic carbocycles. The normalized spacial score (nSPS) is 12.2. The van der Waals surface area contributed by atoms with Gasteiger partial charge in [0.15, 0.2) is 11.5 Å². The number of nitrogens with two attached hydrogens (primary N) is 1. The lowest BCUT2D eigenvalue weighted by molar-refractivity contribution is 0.287. The minimum Gasteiger partial charge on any atom is -0.490 e. The standard InChI is InChI=1S/C15H20N2O2S/c1-4-18-13-7-6-11(8-14(13)19-5-2)15(16)12-9-20-10(3)17-12/h6-9,15H,4-5,16H2,1-3H3. The van der Waals surface area contributed by atoms with Crippen LogP contribution in [0, 0.1) is 6.92 Å². The summed E-state index contributed by atoms with van der Waals surface area (Å²) in [6.07, 6.45) is 0. The molecule has 1 aromatic heterocycles. The Morgan fingerprint density at radius 2 is 1.90 bits per heavy atom. The Labute approximate surface area is 123 Å². The molecule has 2 aromatic rings. The fourth-order valence-electron chi connectivity index (χ4n) is 1.95. The number of nitrogens with zero attached hydrogens (tertiary/aromatic N) is 1. The largest absolute Gasteiger partial charge is 0.490 e. The van der Waals surface area contributed by atoms with Crippen molar-refractivity contribution in [1.82, 2.24) is 4.98 Å². The number of thiazole rings is 1. The highest BCUT2D eigenvalue weighted by Gasteiger charge is 2.15. The van der Waals surface area contributed by atoms with E-state index in [0.29, 0.717) is 13.2 Å². The third-order valence-electron chi connectivity index (χ3n) is 2.88. The average Bonchev–Trinajstić information content (AvgIpc) is 2.87. The minimum atomic E-state index is -0.241. The van der Waals surface area contributed by atoms with Gasteiger partial charge >= 0.3 is 0 Å². The summed E-state index contributed by atoms with van der Waals surface area (Å²) in [5, 5.41) is 3.02. The summed E-state index contributed by atoms with van der Waals surface area (Å²) in [6.45, 7) is 7.08. The van der Waals surface area contributed by atoms with E-state index < -0.39 is 0 Å². The molecular weight excluding hydrogens is 272 g/mol. The fourth-order valence-corrected chi connectivity index (χ4v) is 2.60. The molecule has 0 amide bonds. The number of benzene rings is 1. The number of aryl methyl sites for hydroxylation is 1. The first kappa shape index (κ1) is 14.8. The van der Waals surface area contributed by atoms with Crippen LogP contribution in [0.25, 0.3) is 0 Å². The van der Waals surface area contributed by atoms with Crippen LogP contribution in [0.15, 0.2) is 23.6 Å². The van der Waals surface area contributed by atoms with Crippen molar-refractivity contribution < 1.29 is 9.47 Å². The summed E-state index contributed by atoms with van der Waals surface area (Å²) in [5.41, 5.74) is 8.13. The molecule has 0 saturated carbocycles. The Balaban J connectivity index is 2.29. The summed E-state index contributed by atoms with van der Waals surface area (Å²) in [6, 6.07) is 5.57. The van der Waals surface area contributed by atoms with Crippen LogP contribution in [0.3, 0.4) is 0 Å². The van der Waals surface area contributed by atoms with E-state index in [-0.39, 0.29) is 6.04 Å². The lowest BCUT2D eigenvalue weighted by Crippen LogP contribution is -2.12. The highest BCUT2D eigenvalue weighted by molar-refractivity contribution is 7.09. The zero-order chi connectivity index (χ0) is 14.5. The highest BCUT2D eigenvalue weighted by atomic mass is 32.1. The van der Waals surface area contributed by atoms with Gasteiger partial charge in [-0.25, -0.2) is 4.98 Å². The Kier molecular flexibility index (Phi) is 4.98.